The predicted molar refractivity (Wildman–Crippen MR) is 72.3 cm³/mol. The van der Waals surface area contributed by atoms with Crippen LogP contribution in [0.2, 0.25) is 0 Å². The van der Waals surface area contributed by atoms with E-state index in [0.717, 1.165) is 0 Å². The van der Waals surface area contributed by atoms with E-state index in [1.165, 1.54) is 39.6 Å². The van der Waals surface area contributed by atoms with E-state index in [-0.39, 0.29) is 16.5 Å². The van der Waals surface area contributed by atoms with Crippen LogP contribution in [-0.4, -0.2) is 34.7 Å². The lowest BCUT2D eigenvalue weighted by molar-refractivity contribution is -0.384. The molecule has 0 bridgehead atoms. The highest BCUT2D eigenvalue weighted by atomic mass is 32.2. The maximum atomic E-state index is 12.6. The highest BCUT2D eigenvalue weighted by Crippen LogP contribution is 2.26. The summed E-state index contributed by atoms with van der Waals surface area (Å²) in [5.74, 6) is 0.264. The van der Waals surface area contributed by atoms with Gasteiger partial charge >= 0.3 is 0 Å². The molecule has 0 atom stereocenters. The molecule has 0 amide bonds. The van der Waals surface area contributed by atoms with Crippen molar-refractivity contribution < 1.29 is 13.3 Å². The Balaban J connectivity index is 2.00. The zero-order valence-electron chi connectivity index (χ0n) is 10.8. The van der Waals surface area contributed by atoms with E-state index in [9.17, 15) is 18.5 Å². The monoisotopic (exact) mass is 309 g/mol. The third-order valence-corrected chi connectivity index (χ3v) is 4.98. The van der Waals surface area contributed by atoms with Crippen LogP contribution in [0.4, 0.5) is 11.6 Å². The second-order valence-corrected chi connectivity index (χ2v) is 6.33. The Bertz CT molecular complexity index is 783. The van der Waals surface area contributed by atoms with Gasteiger partial charge in [-0.25, -0.2) is 17.4 Å². The molecular weight excluding hydrogens is 298 g/mol. The van der Waals surface area contributed by atoms with Crippen LogP contribution < -0.4 is 4.31 Å². The van der Waals surface area contributed by atoms with Gasteiger partial charge in [-0.1, -0.05) is 0 Å². The maximum absolute atomic E-state index is 12.6. The minimum absolute atomic E-state index is 0.00968. The first kappa shape index (κ1) is 13.5. The van der Waals surface area contributed by atoms with Crippen molar-refractivity contribution in [1.29, 1.82) is 0 Å². The van der Waals surface area contributed by atoms with Crippen LogP contribution in [0.1, 0.15) is 6.42 Å². The van der Waals surface area contributed by atoms with Crippen molar-refractivity contribution in [3.63, 3.8) is 0 Å². The average Bonchev–Trinajstić information content (AvgIpc) is 2.95. The van der Waals surface area contributed by atoms with E-state index in [2.05, 4.69) is 10.1 Å². The molecule has 0 saturated carbocycles. The smallest absolute Gasteiger partial charge is 0.258 e. The summed E-state index contributed by atoms with van der Waals surface area (Å²) in [6, 6.07) is 4.79. The number of nitrogens with zero attached hydrogens (tertiary/aromatic N) is 5. The summed E-state index contributed by atoms with van der Waals surface area (Å²) < 4.78 is 27.9. The van der Waals surface area contributed by atoms with Gasteiger partial charge in [-0.3, -0.25) is 10.1 Å². The molecule has 1 aliphatic heterocycles. The van der Waals surface area contributed by atoms with Crippen molar-refractivity contribution >= 4 is 21.7 Å². The molecule has 0 fully saturated rings. The lowest BCUT2D eigenvalue weighted by Crippen LogP contribution is -2.38. The van der Waals surface area contributed by atoms with E-state index < -0.39 is 14.9 Å². The number of benzene rings is 1. The third kappa shape index (κ3) is 2.23. The Morgan fingerprint density at radius 2 is 1.90 bits per heavy atom. The van der Waals surface area contributed by atoms with Gasteiger partial charge < -0.3 is 0 Å². The number of anilines is 1. The molecule has 1 aromatic heterocycles. The van der Waals surface area contributed by atoms with Crippen LogP contribution in [0.25, 0.3) is 0 Å². The maximum Gasteiger partial charge on any atom is 0.269 e. The minimum Gasteiger partial charge on any atom is -0.258 e. The molecule has 2 heterocycles. The fourth-order valence-corrected chi connectivity index (χ4v) is 3.63. The number of aromatic nitrogens is 3. The number of fused-ring (bicyclic) bond motifs is 1. The van der Waals surface area contributed by atoms with Crippen molar-refractivity contribution in [3.05, 3.63) is 40.7 Å². The molecule has 9 nitrogen and oxygen atoms in total. The molecular formula is C11H11N5O4S. The van der Waals surface area contributed by atoms with Gasteiger partial charge in [-0.2, -0.15) is 10.1 Å². The fourth-order valence-electron chi connectivity index (χ4n) is 2.17. The van der Waals surface area contributed by atoms with Crippen LogP contribution in [-0.2, 0) is 16.6 Å². The van der Waals surface area contributed by atoms with Crippen LogP contribution in [0.5, 0.6) is 0 Å². The fraction of sp³-hybridized carbons (Fsp3) is 0.273. The van der Waals surface area contributed by atoms with Gasteiger partial charge in [-0.15, -0.1) is 0 Å². The molecule has 110 valence electrons. The normalized spacial score (nSPS) is 14.8. The standard InChI is InChI=1S/C11H11N5O4S/c17-16(18)9-2-4-10(5-3-9)21(19,20)15-7-1-6-14-11(15)12-8-13-14/h2-5,8H,1,6-7H2. The zero-order valence-corrected chi connectivity index (χ0v) is 11.6. The lowest BCUT2D eigenvalue weighted by atomic mass is 10.3. The van der Waals surface area contributed by atoms with Gasteiger partial charge in [0.1, 0.15) is 6.33 Å². The minimum atomic E-state index is -3.80. The first-order valence-corrected chi connectivity index (χ1v) is 7.59. The van der Waals surface area contributed by atoms with Gasteiger partial charge in [0.25, 0.3) is 15.7 Å². The molecule has 21 heavy (non-hydrogen) atoms. The number of non-ortho nitro benzene ring substituents is 1. The van der Waals surface area contributed by atoms with Gasteiger partial charge in [0.2, 0.25) is 5.95 Å². The van der Waals surface area contributed by atoms with Crippen LogP contribution >= 0.6 is 0 Å². The molecule has 2 aromatic rings. The van der Waals surface area contributed by atoms with E-state index in [1.807, 2.05) is 0 Å². The van der Waals surface area contributed by atoms with Crippen molar-refractivity contribution in [1.82, 2.24) is 14.8 Å². The predicted octanol–water partition coefficient (Wildman–Crippen LogP) is 0.785. The Hall–Kier alpha value is -2.49. The molecule has 3 rings (SSSR count). The molecule has 10 heteroatoms. The summed E-state index contributed by atoms with van der Waals surface area (Å²) in [6.07, 6.45) is 1.93. The van der Waals surface area contributed by atoms with Crippen LogP contribution in [0.3, 0.4) is 0 Å². The SMILES string of the molecule is O=[N+]([O-])c1ccc(S(=O)(=O)N2CCCn3ncnc32)cc1. The highest BCUT2D eigenvalue weighted by molar-refractivity contribution is 7.92. The van der Waals surface area contributed by atoms with Crippen molar-refractivity contribution in [3.8, 4) is 0 Å². The number of aryl methyl sites for hydroxylation is 1. The highest BCUT2D eigenvalue weighted by Gasteiger charge is 2.31. The lowest BCUT2D eigenvalue weighted by Gasteiger charge is -2.27. The summed E-state index contributed by atoms with van der Waals surface area (Å²) >= 11 is 0. The van der Waals surface area contributed by atoms with E-state index in [4.69, 9.17) is 0 Å². The third-order valence-electron chi connectivity index (χ3n) is 3.18. The number of hydrogen-bond acceptors (Lipinski definition) is 6. The summed E-state index contributed by atoms with van der Waals surface area (Å²) in [6.45, 7) is 0.916. The second-order valence-electron chi connectivity index (χ2n) is 4.46. The van der Waals surface area contributed by atoms with E-state index in [1.54, 1.807) is 0 Å². The van der Waals surface area contributed by atoms with E-state index in [0.29, 0.717) is 19.5 Å². The summed E-state index contributed by atoms with van der Waals surface area (Å²) in [4.78, 5) is 14.0. The average molecular weight is 309 g/mol. The Labute approximate surface area is 120 Å². The molecule has 1 aliphatic rings. The Kier molecular flexibility index (Phi) is 3.09. The van der Waals surface area contributed by atoms with Gasteiger partial charge in [-0.05, 0) is 18.6 Å². The molecule has 0 spiro atoms. The van der Waals surface area contributed by atoms with Gasteiger partial charge in [0.15, 0.2) is 0 Å². The summed E-state index contributed by atoms with van der Waals surface area (Å²) in [7, 11) is -3.80. The quantitative estimate of drug-likeness (QED) is 0.612. The molecule has 0 radical (unpaired) electrons. The van der Waals surface area contributed by atoms with Gasteiger partial charge in [0, 0.05) is 25.2 Å². The van der Waals surface area contributed by atoms with Crippen LogP contribution in [0, 0.1) is 10.1 Å². The number of sulfonamides is 1. The second kappa shape index (κ2) is 4.81. The first-order chi connectivity index (χ1) is 10.00. The molecule has 0 N–H and O–H groups in total. The molecule has 0 unspecified atom stereocenters. The van der Waals surface area contributed by atoms with Gasteiger partial charge in [0.05, 0.1) is 9.82 Å². The molecule has 1 aromatic carbocycles. The topological polar surface area (TPSA) is 111 Å². The van der Waals surface area contributed by atoms with E-state index >= 15 is 0 Å². The van der Waals surface area contributed by atoms with Crippen LogP contribution in [0.15, 0.2) is 35.5 Å². The van der Waals surface area contributed by atoms with Crippen molar-refractivity contribution in [2.45, 2.75) is 17.9 Å². The van der Waals surface area contributed by atoms with Crippen molar-refractivity contribution in [2.24, 2.45) is 0 Å². The molecule has 0 saturated heterocycles. The Morgan fingerprint density at radius 3 is 2.57 bits per heavy atom. The Morgan fingerprint density at radius 1 is 1.19 bits per heavy atom. The number of nitro groups is 1. The summed E-state index contributed by atoms with van der Waals surface area (Å²) in [5.41, 5.74) is -0.157. The summed E-state index contributed by atoms with van der Waals surface area (Å²) in [5, 5.41) is 14.6. The number of rotatable bonds is 3. The zero-order chi connectivity index (χ0) is 15.0. The first-order valence-electron chi connectivity index (χ1n) is 6.15. The molecule has 0 aliphatic carbocycles. The number of hydrogen-bond donors (Lipinski definition) is 0. The largest absolute Gasteiger partial charge is 0.269 e. The van der Waals surface area contributed by atoms with Crippen molar-refractivity contribution in [2.75, 3.05) is 10.8 Å². The number of nitro benzene ring substituents is 1.